The predicted octanol–water partition coefficient (Wildman–Crippen LogP) is 2.23. The number of hydrogen-bond acceptors (Lipinski definition) is 7. The van der Waals surface area contributed by atoms with Crippen LogP contribution in [0.15, 0.2) is 23.3 Å². The Morgan fingerprint density at radius 2 is 1.89 bits per heavy atom. The molecule has 2 aliphatic rings. The summed E-state index contributed by atoms with van der Waals surface area (Å²) in [6, 6.07) is 7.70. The molecule has 0 saturated carbocycles. The number of benzene rings is 1. The molecule has 28 heavy (non-hydrogen) atoms. The van der Waals surface area contributed by atoms with Crippen LogP contribution < -0.4 is 20.8 Å². The summed E-state index contributed by atoms with van der Waals surface area (Å²) in [7, 11) is 3.82. The van der Waals surface area contributed by atoms with Crippen LogP contribution >= 0.6 is 0 Å². The van der Waals surface area contributed by atoms with E-state index in [1.807, 2.05) is 18.2 Å². The van der Waals surface area contributed by atoms with Gasteiger partial charge < -0.3 is 20.3 Å². The molecule has 3 rings (SSSR count). The van der Waals surface area contributed by atoms with Gasteiger partial charge in [0.05, 0.1) is 12.8 Å². The monoisotopic (exact) mass is 383 g/mol. The first-order chi connectivity index (χ1) is 13.5. The summed E-state index contributed by atoms with van der Waals surface area (Å²) >= 11 is 0. The van der Waals surface area contributed by atoms with Crippen molar-refractivity contribution in [1.82, 2.24) is 4.90 Å². The number of hydrazone groups is 1. The molecule has 1 aromatic carbocycles. The first kappa shape index (κ1) is 20.0. The van der Waals surface area contributed by atoms with Crippen molar-refractivity contribution in [2.45, 2.75) is 25.7 Å². The zero-order chi connectivity index (χ0) is 20.1. The van der Waals surface area contributed by atoms with Crippen LogP contribution in [0, 0.1) is 22.2 Å². The van der Waals surface area contributed by atoms with Gasteiger partial charge in [-0.15, -0.1) is 0 Å². The molecule has 0 aromatic heterocycles. The molecule has 2 aliphatic heterocycles. The molecule has 8 heteroatoms. The summed E-state index contributed by atoms with van der Waals surface area (Å²) in [5, 5.41) is 20.2. The molecule has 0 radical (unpaired) electrons. The highest BCUT2D eigenvalue weighted by molar-refractivity contribution is 6.45. The Bertz CT molecular complexity index is 780. The van der Waals surface area contributed by atoms with Gasteiger partial charge in [0, 0.05) is 24.8 Å². The number of nitrogens with zero attached hydrogens (tertiary/aromatic N) is 4. The highest BCUT2D eigenvalue weighted by Crippen LogP contribution is 2.42. The second kappa shape index (κ2) is 8.48. The van der Waals surface area contributed by atoms with E-state index in [-0.39, 0.29) is 11.5 Å². The van der Waals surface area contributed by atoms with Crippen LogP contribution in [0.3, 0.4) is 0 Å². The number of piperidine rings is 2. The first-order valence-corrected chi connectivity index (χ1v) is 9.66. The van der Waals surface area contributed by atoms with Crippen molar-refractivity contribution in [3.8, 4) is 11.8 Å². The molecule has 1 aromatic rings. The molecular formula is C20H29N7O. The van der Waals surface area contributed by atoms with E-state index in [9.17, 15) is 0 Å². The van der Waals surface area contributed by atoms with Crippen molar-refractivity contribution < 1.29 is 4.74 Å². The fourth-order valence-electron chi connectivity index (χ4n) is 4.06. The van der Waals surface area contributed by atoms with Gasteiger partial charge in [0.2, 0.25) is 5.71 Å². The number of hydrogen-bond donors (Lipinski definition) is 3. The summed E-state index contributed by atoms with van der Waals surface area (Å²) in [5.41, 5.74) is 10.2. The van der Waals surface area contributed by atoms with Gasteiger partial charge in [0.15, 0.2) is 5.84 Å². The molecule has 2 heterocycles. The average molecular weight is 384 g/mol. The summed E-state index contributed by atoms with van der Waals surface area (Å²) in [6.07, 6.45) is 5.08. The van der Waals surface area contributed by atoms with E-state index in [1.165, 1.54) is 38.8 Å². The maximum atomic E-state index is 8.95. The van der Waals surface area contributed by atoms with Crippen molar-refractivity contribution >= 4 is 22.9 Å². The molecule has 0 amide bonds. The fourth-order valence-corrected chi connectivity index (χ4v) is 4.06. The lowest BCUT2D eigenvalue weighted by molar-refractivity contribution is 0.0945. The van der Waals surface area contributed by atoms with Crippen molar-refractivity contribution in [3.05, 3.63) is 18.2 Å². The van der Waals surface area contributed by atoms with E-state index in [4.69, 9.17) is 21.1 Å². The Morgan fingerprint density at radius 3 is 2.46 bits per heavy atom. The number of ether oxygens (including phenoxy) is 1. The van der Waals surface area contributed by atoms with Crippen LogP contribution in [-0.4, -0.2) is 56.8 Å². The van der Waals surface area contributed by atoms with Gasteiger partial charge >= 0.3 is 0 Å². The van der Waals surface area contributed by atoms with Gasteiger partial charge in [-0.3, -0.25) is 10.8 Å². The molecular weight excluding hydrogens is 354 g/mol. The Morgan fingerprint density at radius 1 is 1.25 bits per heavy atom. The van der Waals surface area contributed by atoms with Crippen molar-refractivity contribution in [2.24, 2.45) is 16.3 Å². The van der Waals surface area contributed by atoms with Crippen molar-refractivity contribution in [1.29, 1.82) is 10.7 Å². The van der Waals surface area contributed by atoms with E-state index < -0.39 is 0 Å². The van der Waals surface area contributed by atoms with Crippen LogP contribution in [0.1, 0.15) is 25.7 Å². The summed E-state index contributed by atoms with van der Waals surface area (Å²) in [6.45, 7) is 4.53. The van der Waals surface area contributed by atoms with Crippen LogP contribution in [0.2, 0.25) is 0 Å². The van der Waals surface area contributed by atoms with Gasteiger partial charge in [-0.2, -0.15) is 10.4 Å². The summed E-state index contributed by atoms with van der Waals surface area (Å²) in [4.78, 5) is 4.84. The number of likely N-dealkylation sites (tertiary alicyclic amines) is 1. The Hall–Kier alpha value is -2.79. The number of nitrogens with one attached hydrogen (secondary N) is 2. The molecule has 0 aliphatic carbocycles. The van der Waals surface area contributed by atoms with Crippen LogP contribution in [0.4, 0.5) is 11.4 Å². The SMILES string of the molecule is COc1cc(N2CCC3(CCN(C)CC3)CC2)ccc1N/N=C(\C#N)C(=N)N. The minimum absolute atomic E-state index is 0.161. The van der Waals surface area contributed by atoms with E-state index in [0.717, 1.165) is 18.8 Å². The number of anilines is 2. The summed E-state index contributed by atoms with van der Waals surface area (Å²) in [5.74, 6) is 0.267. The molecule has 0 bridgehead atoms. The van der Waals surface area contributed by atoms with E-state index >= 15 is 0 Å². The number of amidine groups is 1. The van der Waals surface area contributed by atoms with E-state index in [2.05, 4.69) is 27.4 Å². The quantitative estimate of drug-likeness (QED) is 0.408. The molecule has 2 saturated heterocycles. The normalized spacial score (nSPS) is 19.9. The molecule has 8 nitrogen and oxygen atoms in total. The van der Waals surface area contributed by atoms with Crippen LogP contribution in [-0.2, 0) is 0 Å². The van der Waals surface area contributed by atoms with Gasteiger partial charge in [0.1, 0.15) is 11.8 Å². The highest BCUT2D eigenvalue weighted by atomic mass is 16.5. The largest absolute Gasteiger partial charge is 0.494 e. The Labute approximate surface area is 166 Å². The van der Waals surface area contributed by atoms with Gasteiger partial charge in [-0.1, -0.05) is 0 Å². The van der Waals surface area contributed by atoms with Crippen LogP contribution in [0.25, 0.3) is 0 Å². The number of rotatable bonds is 5. The zero-order valence-electron chi connectivity index (χ0n) is 16.7. The van der Waals surface area contributed by atoms with E-state index in [0.29, 0.717) is 16.9 Å². The lowest BCUT2D eigenvalue weighted by atomic mass is 9.71. The number of nitrogens with two attached hydrogens (primary N) is 1. The van der Waals surface area contributed by atoms with Crippen molar-refractivity contribution in [2.75, 3.05) is 50.7 Å². The minimum atomic E-state index is -0.373. The second-order valence-electron chi connectivity index (χ2n) is 7.77. The van der Waals surface area contributed by atoms with Gasteiger partial charge in [-0.25, -0.2) is 0 Å². The molecule has 150 valence electrons. The third kappa shape index (κ3) is 4.37. The average Bonchev–Trinajstić information content (AvgIpc) is 2.71. The first-order valence-electron chi connectivity index (χ1n) is 9.66. The Kier molecular flexibility index (Phi) is 6.05. The summed E-state index contributed by atoms with van der Waals surface area (Å²) < 4.78 is 5.49. The molecule has 4 N–H and O–H groups in total. The Balaban J connectivity index is 1.67. The maximum absolute atomic E-state index is 8.95. The number of nitriles is 1. The maximum Gasteiger partial charge on any atom is 0.201 e. The third-order valence-electron chi connectivity index (χ3n) is 6.07. The molecule has 0 unspecified atom stereocenters. The lowest BCUT2D eigenvalue weighted by Gasteiger charge is -2.46. The van der Waals surface area contributed by atoms with Gasteiger partial charge in [0.25, 0.3) is 0 Å². The molecule has 2 fully saturated rings. The fraction of sp³-hybridized carbons (Fsp3) is 0.550. The lowest BCUT2D eigenvalue weighted by Crippen LogP contribution is -2.46. The smallest absolute Gasteiger partial charge is 0.201 e. The van der Waals surface area contributed by atoms with Crippen LogP contribution in [0.5, 0.6) is 5.75 Å². The molecule has 0 atom stereocenters. The van der Waals surface area contributed by atoms with E-state index in [1.54, 1.807) is 13.2 Å². The zero-order valence-corrected chi connectivity index (χ0v) is 16.7. The topological polar surface area (TPSA) is 114 Å². The highest BCUT2D eigenvalue weighted by Gasteiger charge is 2.36. The second-order valence-corrected chi connectivity index (χ2v) is 7.77. The minimum Gasteiger partial charge on any atom is -0.494 e. The van der Waals surface area contributed by atoms with Gasteiger partial charge in [-0.05, 0) is 63.4 Å². The van der Waals surface area contributed by atoms with Crippen molar-refractivity contribution in [3.63, 3.8) is 0 Å². The predicted molar refractivity (Wildman–Crippen MR) is 112 cm³/mol. The standard InChI is InChI=1S/C20H29N7O/c1-26-9-5-20(6-10-26)7-11-27(12-8-20)15-3-4-16(18(13-15)28-2)24-25-17(14-21)19(22)23/h3-4,13,24H,5-12H2,1-2H3,(H3,22,23)/b25-17+. The third-order valence-corrected chi connectivity index (χ3v) is 6.07. The molecule has 1 spiro atoms. The number of methoxy groups -OCH3 is 1.